The van der Waals surface area contributed by atoms with E-state index in [-0.39, 0.29) is 0 Å². The summed E-state index contributed by atoms with van der Waals surface area (Å²) in [5.41, 5.74) is 0. The molecule has 84 valence electrons. The summed E-state index contributed by atoms with van der Waals surface area (Å²) in [6.45, 7) is 0. The van der Waals surface area contributed by atoms with Crippen LogP contribution in [-0.2, 0) is 24.2 Å². The molecule has 2 aromatic carbocycles. The van der Waals surface area contributed by atoms with Crippen LogP contribution in [0.25, 0.3) is 0 Å². The molecule has 0 unspecified atom stereocenters. The molecule has 3 heteroatoms. The number of methoxy groups -OCH3 is 2. The molecule has 0 saturated heterocycles. The van der Waals surface area contributed by atoms with Gasteiger partial charge in [-0.25, -0.2) is 0 Å². The fourth-order valence-corrected chi connectivity index (χ4v) is 5.76. The Balaban J connectivity index is 2.08. The minimum atomic E-state index is -1.07. The van der Waals surface area contributed by atoms with Gasteiger partial charge in [0.05, 0.1) is 0 Å². The Morgan fingerprint density at radius 3 is 1.29 bits per heavy atom. The van der Waals surface area contributed by atoms with Crippen LogP contribution in [0.15, 0.2) is 48.5 Å². The molecule has 0 amide bonds. The zero-order valence-corrected chi connectivity index (χ0v) is 14.2. The van der Waals surface area contributed by atoms with E-state index >= 15 is 0 Å². The average Bonchev–Trinajstić information content (AvgIpc) is 2.40. The Morgan fingerprint density at radius 1 is 0.647 bits per heavy atom. The number of ether oxygens (including phenoxy) is 2. The zero-order chi connectivity index (χ0) is 12.1. The van der Waals surface area contributed by atoms with Crippen LogP contribution in [-0.4, -0.2) is 14.2 Å². The van der Waals surface area contributed by atoms with Gasteiger partial charge in [-0.05, 0) is 0 Å². The molecule has 0 bridgehead atoms. The van der Waals surface area contributed by atoms with Crippen LogP contribution in [0.3, 0.4) is 0 Å². The minimum absolute atomic E-state index is 0.926. The van der Waals surface area contributed by atoms with E-state index in [1.54, 1.807) is 14.2 Å². The Hall–Kier alpha value is -1.04. The molecule has 0 aliphatic heterocycles. The third-order valence-electron chi connectivity index (χ3n) is 2.73. The predicted octanol–water partition coefficient (Wildman–Crippen LogP) is 1.74. The summed E-state index contributed by atoms with van der Waals surface area (Å²) in [5, 5.41) is 0. The van der Waals surface area contributed by atoms with Crippen LogP contribution in [0, 0.1) is 0 Å². The first kappa shape index (κ1) is 12.4. The van der Waals surface area contributed by atoms with Crippen molar-refractivity contribution in [2.75, 3.05) is 14.2 Å². The van der Waals surface area contributed by atoms with E-state index in [0.29, 0.717) is 0 Å². The summed E-state index contributed by atoms with van der Waals surface area (Å²) in [6, 6.07) is 16.9. The Morgan fingerprint density at radius 2 is 1.00 bits per heavy atom. The van der Waals surface area contributed by atoms with E-state index < -0.39 is 24.2 Å². The topological polar surface area (TPSA) is 18.5 Å². The molecule has 0 spiro atoms. The molecule has 0 radical (unpaired) electrons. The summed E-state index contributed by atoms with van der Waals surface area (Å²) < 4.78 is 13.3. The van der Waals surface area contributed by atoms with Crippen molar-refractivity contribution in [2.24, 2.45) is 0 Å². The van der Waals surface area contributed by atoms with Crippen molar-refractivity contribution < 1.29 is 33.7 Å². The molecule has 0 N–H and O–H groups in total. The van der Waals surface area contributed by atoms with Crippen LogP contribution >= 0.6 is 0 Å². The van der Waals surface area contributed by atoms with E-state index in [2.05, 4.69) is 24.3 Å². The van der Waals surface area contributed by atoms with Gasteiger partial charge in [-0.15, -0.1) is 0 Å². The molecule has 0 atom stereocenters. The van der Waals surface area contributed by atoms with Crippen molar-refractivity contribution in [2.45, 2.75) is 0 Å². The summed E-state index contributed by atoms with van der Waals surface area (Å²) in [4.78, 5) is 0. The third-order valence-corrected chi connectivity index (χ3v) is 7.75. The first-order valence-corrected chi connectivity index (χ1v) is 9.61. The number of rotatable bonds is 4. The van der Waals surface area contributed by atoms with Crippen LogP contribution in [0.1, 0.15) is 0 Å². The Labute approximate surface area is 114 Å². The van der Waals surface area contributed by atoms with E-state index in [9.17, 15) is 0 Å². The van der Waals surface area contributed by atoms with Crippen LogP contribution in [0.5, 0.6) is 11.5 Å². The van der Waals surface area contributed by atoms with E-state index in [1.807, 2.05) is 24.3 Å². The molecule has 2 aromatic rings. The molecule has 0 aromatic heterocycles. The van der Waals surface area contributed by atoms with Gasteiger partial charge >= 0.3 is 114 Å². The fraction of sp³-hybridized carbons (Fsp3) is 0.143. The molecule has 0 saturated carbocycles. The van der Waals surface area contributed by atoms with Crippen molar-refractivity contribution >= 4 is 6.25 Å². The normalized spacial score (nSPS) is 9.53. The first-order chi connectivity index (χ1) is 8.31. The Kier molecular flexibility index (Phi) is 4.42. The van der Waals surface area contributed by atoms with Gasteiger partial charge in [-0.3, -0.25) is 0 Å². The maximum absolute atomic E-state index is 5.16. The van der Waals surface area contributed by atoms with E-state index in [1.165, 1.54) is 6.25 Å². The van der Waals surface area contributed by atoms with Crippen molar-refractivity contribution in [3.05, 3.63) is 48.5 Å². The van der Waals surface area contributed by atoms with Gasteiger partial charge < -0.3 is 0 Å². The van der Waals surface area contributed by atoms with Gasteiger partial charge in [0, 0.05) is 0 Å². The van der Waals surface area contributed by atoms with Crippen molar-refractivity contribution in [3.63, 3.8) is 0 Å². The average molecular weight is 327 g/mol. The summed E-state index contributed by atoms with van der Waals surface area (Å²) in [5.74, 6) is 1.85. The zero-order valence-electron chi connectivity index (χ0n) is 10.1. The van der Waals surface area contributed by atoms with E-state index in [0.717, 1.165) is 11.5 Å². The molecule has 17 heavy (non-hydrogen) atoms. The fourth-order valence-electron chi connectivity index (χ4n) is 1.72. The molecular formula is C14H14CdO2. The van der Waals surface area contributed by atoms with Gasteiger partial charge in [-0.2, -0.15) is 0 Å². The summed E-state index contributed by atoms with van der Waals surface area (Å²) in [6.07, 6.45) is 0. The van der Waals surface area contributed by atoms with E-state index in [4.69, 9.17) is 9.47 Å². The van der Waals surface area contributed by atoms with Gasteiger partial charge in [0.15, 0.2) is 0 Å². The second kappa shape index (κ2) is 6.05. The Bertz CT molecular complexity index is 417. The van der Waals surface area contributed by atoms with Gasteiger partial charge in [0.25, 0.3) is 0 Å². The molecule has 2 rings (SSSR count). The quantitative estimate of drug-likeness (QED) is 0.797. The molecule has 2 nitrogen and oxygen atoms in total. The van der Waals surface area contributed by atoms with Gasteiger partial charge in [-0.1, -0.05) is 0 Å². The molecule has 0 heterocycles. The van der Waals surface area contributed by atoms with Crippen LogP contribution < -0.4 is 15.7 Å². The summed E-state index contributed by atoms with van der Waals surface area (Å²) in [7, 11) is 3.39. The van der Waals surface area contributed by atoms with Crippen molar-refractivity contribution in [1.82, 2.24) is 0 Å². The maximum atomic E-state index is 5.16. The third kappa shape index (κ3) is 3.46. The second-order valence-electron chi connectivity index (χ2n) is 3.87. The van der Waals surface area contributed by atoms with Gasteiger partial charge in [0.1, 0.15) is 0 Å². The monoisotopic (exact) mass is 328 g/mol. The second-order valence-corrected chi connectivity index (χ2v) is 9.54. The molecule has 0 fully saturated rings. The molecular weight excluding hydrogens is 313 g/mol. The predicted molar refractivity (Wildman–Crippen MR) is 65.3 cm³/mol. The van der Waals surface area contributed by atoms with Gasteiger partial charge in [0.2, 0.25) is 0 Å². The number of benzene rings is 2. The van der Waals surface area contributed by atoms with Crippen LogP contribution in [0.2, 0.25) is 0 Å². The number of hydrogen-bond donors (Lipinski definition) is 0. The summed E-state index contributed by atoms with van der Waals surface area (Å²) >= 11 is -1.07. The van der Waals surface area contributed by atoms with Crippen molar-refractivity contribution in [1.29, 1.82) is 0 Å². The SMILES string of the molecule is COc1cc[c]([Cd][c]2ccc(OC)cc2)cc1. The molecule has 0 aliphatic rings. The first-order valence-electron chi connectivity index (χ1n) is 5.57. The number of hydrogen-bond acceptors (Lipinski definition) is 2. The van der Waals surface area contributed by atoms with Crippen LogP contribution in [0.4, 0.5) is 0 Å². The standard InChI is InChI=1S/2C7H7O.Cd/c2*1-8-7-5-3-2-4-6-7;/h2*3-6H,1H3;. The van der Waals surface area contributed by atoms with Crippen molar-refractivity contribution in [3.8, 4) is 11.5 Å². The molecule has 0 aliphatic carbocycles.